The summed E-state index contributed by atoms with van der Waals surface area (Å²) in [6.07, 6.45) is 2.49. The molecule has 1 saturated heterocycles. The molecule has 25 heavy (non-hydrogen) atoms. The maximum Gasteiger partial charge on any atom is 0.324 e. The highest BCUT2D eigenvalue weighted by atomic mass is 35.5. The Labute approximate surface area is 149 Å². The van der Waals surface area contributed by atoms with Gasteiger partial charge in [-0.2, -0.15) is 0 Å². The second-order valence-corrected chi connectivity index (χ2v) is 6.47. The summed E-state index contributed by atoms with van der Waals surface area (Å²) >= 11 is 5.94. The topological polar surface area (TPSA) is 75.9 Å². The molecule has 7 nitrogen and oxygen atoms in total. The first-order valence-electron chi connectivity index (χ1n) is 7.88. The number of likely N-dealkylation sites (tertiary alicyclic amines) is 1. The molecule has 0 saturated carbocycles. The van der Waals surface area contributed by atoms with Gasteiger partial charge in [0.2, 0.25) is 0 Å². The van der Waals surface area contributed by atoms with Crippen LogP contribution in [0.1, 0.15) is 18.9 Å². The maximum absolute atomic E-state index is 13.9. The number of carbonyl (C=O) groups is 1. The molecular weight excluding hydrogens is 347 g/mol. The standard InChI is InChI=1S/C16H18ClFN6O/c1-10-9-24(16(25)19-15-20-21-22-23(15)2)6-5-11(10)7-12-8-13(17)3-4-14(12)18/h3-4,7-8,10H,5-6,9H2,1-2H3,(H,19,20,22,25)/b11-7+. The van der Waals surface area contributed by atoms with Gasteiger partial charge in [-0.1, -0.05) is 35.3 Å². The number of halogens is 2. The molecular formula is C16H18ClFN6O. The average molecular weight is 365 g/mol. The van der Waals surface area contributed by atoms with Crippen molar-refractivity contribution in [1.82, 2.24) is 25.1 Å². The fourth-order valence-electron chi connectivity index (χ4n) is 2.78. The zero-order valence-electron chi connectivity index (χ0n) is 13.9. The maximum atomic E-state index is 13.9. The number of carbonyl (C=O) groups excluding carboxylic acids is 1. The second-order valence-electron chi connectivity index (χ2n) is 6.04. The van der Waals surface area contributed by atoms with Crippen molar-refractivity contribution in [2.24, 2.45) is 13.0 Å². The van der Waals surface area contributed by atoms with Crippen molar-refractivity contribution in [3.63, 3.8) is 0 Å². The van der Waals surface area contributed by atoms with Gasteiger partial charge in [0.25, 0.3) is 5.95 Å². The Morgan fingerprint density at radius 1 is 1.48 bits per heavy atom. The number of urea groups is 1. The van der Waals surface area contributed by atoms with Crippen molar-refractivity contribution in [3.05, 3.63) is 40.2 Å². The normalized spacial score (nSPS) is 19.3. The highest BCUT2D eigenvalue weighted by molar-refractivity contribution is 6.30. The first-order chi connectivity index (χ1) is 11.9. The van der Waals surface area contributed by atoms with Crippen LogP contribution in [0.15, 0.2) is 23.8 Å². The molecule has 1 fully saturated rings. The SMILES string of the molecule is CC1CN(C(=O)Nc2nnnn2C)CC/C1=C\c1cc(Cl)ccc1F. The Kier molecular flexibility index (Phi) is 4.98. The number of aromatic nitrogens is 4. The first kappa shape index (κ1) is 17.3. The molecule has 1 aromatic carbocycles. The predicted octanol–water partition coefficient (Wildman–Crippen LogP) is 2.96. The summed E-state index contributed by atoms with van der Waals surface area (Å²) in [7, 11) is 1.65. The van der Waals surface area contributed by atoms with Crippen molar-refractivity contribution in [1.29, 1.82) is 0 Å². The van der Waals surface area contributed by atoms with Gasteiger partial charge in [0.05, 0.1) is 0 Å². The number of aryl methyl sites for hydroxylation is 1. The van der Waals surface area contributed by atoms with E-state index in [1.807, 2.05) is 13.0 Å². The number of anilines is 1. The molecule has 1 N–H and O–H groups in total. The van der Waals surface area contributed by atoms with E-state index in [0.29, 0.717) is 36.0 Å². The van der Waals surface area contributed by atoms with Crippen LogP contribution in [0.25, 0.3) is 6.08 Å². The molecule has 2 aromatic rings. The lowest BCUT2D eigenvalue weighted by molar-refractivity contribution is 0.197. The summed E-state index contributed by atoms with van der Waals surface area (Å²) in [4.78, 5) is 14.0. The fraction of sp³-hybridized carbons (Fsp3) is 0.375. The minimum Gasteiger partial charge on any atom is -0.324 e. The third-order valence-electron chi connectivity index (χ3n) is 4.22. The zero-order valence-corrected chi connectivity index (χ0v) is 14.7. The molecule has 0 radical (unpaired) electrons. The number of nitrogens with one attached hydrogen (secondary N) is 1. The van der Waals surface area contributed by atoms with Crippen LogP contribution >= 0.6 is 11.6 Å². The number of hydrogen-bond acceptors (Lipinski definition) is 4. The minimum absolute atomic E-state index is 0.107. The third-order valence-corrected chi connectivity index (χ3v) is 4.46. The smallest absolute Gasteiger partial charge is 0.324 e. The Morgan fingerprint density at radius 3 is 2.96 bits per heavy atom. The van der Waals surface area contributed by atoms with Crippen molar-refractivity contribution in [2.75, 3.05) is 18.4 Å². The molecule has 132 valence electrons. The Balaban J connectivity index is 1.68. The van der Waals surface area contributed by atoms with Crippen LogP contribution in [0.3, 0.4) is 0 Å². The summed E-state index contributed by atoms with van der Waals surface area (Å²) in [6.45, 7) is 3.08. The average Bonchev–Trinajstić information content (AvgIpc) is 2.97. The molecule has 0 bridgehead atoms. The molecule has 1 aliphatic heterocycles. The number of amides is 2. The van der Waals surface area contributed by atoms with Crippen molar-refractivity contribution in [3.8, 4) is 0 Å². The number of benzene rings is 1. The fourth-order valence-corrected chi connectivity index (χ4v) is 2.96. The summed E-state index contributed by atoms with van der Waals surface area (Å²) in [5.74, 6) is 0.0922. The van der Waals surface area contributed by atoms with E-state index in [4.69, 9.17) is 11.6 Å². The molecule has 2 heterocycles. The summed E-state index contributed by atoms with van der Waals surface area (Å²) < 4.78 is 15.3. The zero-order chi connectivity index (χ0) is 18.0. The Morgan fingerprint density at radius 2 is 2.28 bits per heavy atom. The molecule has 1 aromatic heterocycles. The van der Waals surface area contributed by atoms with Gasteiger partial charge in [-0.05, 0) is 41.0 Å². The number of tetrazole rings is 1. The van der Waals surface area contributed by atoms with E-state index >= 15 is 0 Å². The molecule has 0 spiro atoms. The van der Waals surface area contributed by atoms with Crippen molar-refractivity contribution >= 4 is 29.7 Å². The van der Waals surface area contributed by atoms with Crippen LogP contribution in [0.2, 0.25) is 5.02 Å². The number of nitrogens with zero attached hydrogens (tertiary/aromatic N) is 5. The molecule has 2 amide bonds. The van der Waals surface area contributed by atoms with Crippen LogP contribution < -0.4 is 5.32 Å². The van der Waals surface area contributed by atoms with E-state index < -0.39 is 0 Å². The number of rotatable bonds is 2. The van der Waals surface area contributed by atoms with Crippen LogP contribution in [0.4, 0.5) is 15.1 Å². The minimum atomic E-state index is -0.306. The van der Waals surface area contributed by atoms with Crippen LogP contribution in [-0.2, 0) is 7.05 Å². The molecule has 1 atom stereocenters. The van der Waals surface area contributed by atoms with E-state index in [1.165, 1.54) is 16.8 Å². The predicted molar refractivity (Wildman–Crippen MR) is 92.6 cm³/mol. The molecule has 1 aliphatic rings. The van der Waals surface area contributed by atoms with Gasteiger partial charge in [0.1, 0.15) is 5.82 Å². The molecule has 3 rings (SSSR count). The molecule has 9 heteroatoms. The summed E-state index contributed by atoms with van der Waals surface area (Å²) in [6, 6.07) is 4.24. The van der Waals surface area contributed by atoms with Crippen LogP contribution in [0.5, 0.6) is 0 Å². The van der Waals surface area contributed by atoms with Crippen molar-refractivity contribution < 1.29 is 9.18 Å². The number of hydrogen-bond donors (Lipinski definition) is 1. The van der Waals surface area contributed by atoms with E-state index in [9.17, 15) is 9.18 Å². The van der Waals surface area contributed by atoms with Gasteiger partial charge in [0, 0.05) is 30.7 Å². The highest BCUT2D eigenvalue weighted by Gasteiger charge is 2.25. The van der Waals surface area contributed by atoms with E-state index in [0.717, 1.165) is 5.57 Å². The number of piperidine rings is 1. The van der Waals surface area contributed by atoms with Gasteiger partial charge in [-0.3, -0.25) is 5.32 Å². The van der Waals surface area contributed by atoms with Gasteiger partial charge in [-0.25, -0.2) is 13.9 Å². The highest BCUT2D eigenvalue weighted by Crippen LogP contribution is 2.27. The molecule has 1 unspecified atom stereocenters. The Bertz CT molecular complexity index is 821. The van der Waals surface area contributed by atoms with Gasteiger partial charge in [0.15, 0.2) is 0 Å². The summed E-state index contributed by atoms with van der Waals surface area (Å²) in [5.41, 5.74) is 1.56. The van der Waals surface area contributed by atoms with Gasteiger partial charge in [-0.15, -0.1) is 0 Å². The molecule has 0 aliphatic carbocycles. The lowest BCUT2D eigenvalue weighted by Crippen LogP contribution is -2.42. The van der Waals surface area contributed by atoms with E-state index in [1.54, 1.807) is 18.0 Å². The second kappa shape index (κ2) is 7.18. The monoisotopic (exact) mass is 364 g/mol. The quantitative estimate of drug-likeness (QED) is 0.888. The van der Waals surface area contributed by atoms with E-state index in [-0.39, 0.29) is 17.8 Å². The van der Waals surface area contributed by atoms with Gasteiger partial charge < -0.3 is 4.90 Å². The summed E-state index contributed by atoms with van der Waals surface area (Å²) in [5, 5.41) is 14.1. The van der Waals surface area contributed by atoms with Crippen LogP contribution in [-0.4, -0.2) is 44.2 Å². The lowest BCUT2D eigenvalue weighted by Gasteiger charge is -2.33. The largest absolute Gasteiger partial charge is 0.324 e. The van der Waals surface area contributed by atoms with E-state index in [2.05, 4.69) is 20.8 Å². The van der Waals surface area contributed by atoms with Crippen molar-refractivity contribution in [2.45, 2.75) is 13.3 Å². The Hall–Kier alpha value is -2.48. The van der Waals surface area contributed by atoms with Crippen LogP contribution in [0, 0.1) is 11.7 Å². The first-order valence-corrected chi connectivity index (χ1v) is 8.25. The third kappa shape index (κ3) is 3.96. The lowest BCUT2D eigenvalue weighted by atomic mass is 9.91. The van der Waals surface area contributed by atoms with Gasteiger partial charge >= 0.3 is 6.03 Å².